The molecule has 1 aliphatic heterocycles. The van der Waals surface area contributed by atoms with Gasteiger partial charge in [-0.05, 0) is 24.3 Å². The van der Waals surface area contributed by atoms with Crippen molar-refractivity contribution in [3.63, 3.8) is 0 Å². The molecule has 0 aromatic carbocycles. The van der Waals surface area contributed by atoms with Crippen molar-refractivity contribution in [1.82, 2.24) is 5.32 Å². The van der Waals surface area contributed by atoms with Crippen LogP contribution in [0.15, 0.2) is 0 Å². The molecule has 1 rings (SSSR count). The SMILES string of the molecule is CSCCC1CC(=O)NC(=O)C1. The van der Waals surface area contributed by atoms with E-state index in [9.17, 15) is 9.59 Å². The van der Waals surface area contributed by atoms with Crippen molar-refractivity contribution in [2.45, 2.75) is 19.3 Å². The molecule has 1 saturated heterocycles. The van der Waals surface area contributed by atoms with E-state index in [0.717, 1.165) is 12.2 Å². The van der Waals surface area contributed by atoms with Crippen LogP contribution in [0.25, 0.3) is 0 Å². The highest BCUT2D eigenvalue weighted by molar-refractivity contribution is 7.98. The minimum Gasteiger partial charge on any atom is -0.296 e. The van der Waals surface area contributed by atoms with Crippen LogP contribution in [-0.2, 0) is 9.59 Å². The number of thioether (sulfide) groups is 1. The summed E-state index contributed by atoms with van der Waals surface area (Å²) in [6, 6.07) is 0. The van der Waals surface area contributed by atoms with E-state index < -0.39 is 0 Å². The molecule has 2 amide bonds. The quantitative estimate of drug-likeness (QED) is 0.664. The molecule has 0 radical (unpaired) electrons. The molecule has 0 spiro atoms. The Balaban J connectivity index is 2.34. The van der Waals surface area contributed by atoms with Gasteiger partial charge >= 0.3 is 0 Å². The Kier molecular flexibility index (Phi) is 3.59. The number of imide groups is 1. The van der Waals surface area contributed by atoms with Crippen molar-refractivity contribution in [1.29, 1.82) is 0 Å². The maximum Gasteiger partial charge on any atom is 0.226 e. The topological polar surface area (TPSA) is 46.2 Å². The minimum absolute atomic E-state index is 0.114. The fraction of sp³-hybridized carbons (Fsp3) is 0.750. The second-order valence-electron chi connectivity index (χ2n) is 3.03. The van der Waals surface area contributed by atoms with Gasteiger partial charge in [-0.3, -0.25) is 14.9 Å². The number of carbonyl (C=O) groups is 2. The summed E-state index contributed by atoms with van der Waals surface area (Å²) < 4.78 is 0. The van der Waals surface area contributed by atoms with E-state index in [1.54, 1.807) is 11.8 Å². The van der Waals surface area contributed by atoms with Gasteiger partial charge in [0, 0.05) is 12.8 Å². The van der Waals surface area contributed by atoms with Crippen LogP contribution in [0.3, 0.4) is 0 Å². The molecule has 3 nitrogen and oxygen atoms in total. The van der Waals surface area contributed by atoms with Gasteiger partial charge in [-0.2, -0.15) is 11.8 Å². The Hall–Kier alpha value is -0.510. The molecule has 0 bridgehead atoms. The fourth-order valence-corrected chi connectivity index (χ4v) is 1.91. The second-order valence-corrected chi connectivity index (χ2v) is 4.01. The first kappa shape index (κ1) is 9.58. The third-order valence-electron chi connectivity index (χ3n) is 1.96. The summed E-state index contributed by atoms with van der Waals surface area (Å²) in [6.07, 6.45) is 4.05. The highest BCUT2D eigenvalue weighted by Gasteiger charge is 2.23. The Morgan fingerprint density at radius 2 is 2.00 bits per heavy atom. The van der Waals surface area contributed by atoms with Gasteiger partial charge in [0.2, 0.25) is 11.8 Å². The molecule has 1 aliphatic rings. The first-order valence-electron chi connectivity index (χ1n) is 4.04. The largest absolute Gasteiger partial charge is 0.296 e. The maximum absolute atomic E-state index is 10.9. The maximum atomic E-state index is 10.9. The van der Waals surface area contributed by atoms with Crippen LogP contribution in [0.5, 0.6) is 0 Å². The van der Waals surface area contributed by atoms with E-state index in [2.05, 4.69) is 5.32 Å². The zero-order valence-electron chi connectivity index (χ0n) is 7.13. The van der Waals surface area contributed by atoms with E-state index in [1.807, 2.05) is 6.26 Å². The molecule has 0 aromatic heterocycles. The van der Waals surface area contributed by atoms with Crippen LogP contribution in [0.2, 0.25) is 0 Å². The van der Waals surface area contributed by atoms with E-state index in [-0.39, 0.29) is 17.7 Å². The first-order valence-corrected chi connectivity index (χ1v) is 5.43. The van der Waals surface area contributed by atoms with E-state index >= 15 is 0 Å². The number of hydrogen-bond donors (Lipinski definition) is 1. The van der Waals surface area contributed by atoms with Gasteiger partial charge in [-0.15, -0.1) is 0 Å². The Labute approximate surface area is 76.3 Å². The number of hydrogen-bond acceptors (Lipinski definition) is 3. The van der Waals surface area contributed by atoms with Crippen molar-refractivity contribution in [2.75, 3.05) is 12.0 Å². The molecular weight excluding hydrogens is 174 g/mol. The summed E-state index contributed by atoms with van der Waals surface area (Å²) in [4.78, 5) is 21.8. The monoisotopic (exact) mass is 187 g/mol. The molecule has 0 unspecified atom stereocenters. The third kappa shape index (κ3) is 2.85. The summed E-state index contributed by atoms with van der Waals surface area (Å²) >= 11 is 1.75. The van der Waals surface area contributed by atoms with E-state index in [1.165, 1.54) is 0 Å². The van der Waals surface area contributed by atoms with E-state index in [4.69, 9.17) is 0 Å². The van der Waals surface area contributed by atoms with Crippen LogP contribution >= 0.6 is 11.8 Å². The number of carbonyl (C=O) groups excluding carboxylic acids is 2. The Morgan fingerprint density at radius 1 is 1.42 bits per heavy atom. The Bertz CT molecular complexity index is 177. The molecule has 0 aromatic rings. The zero-order valence-corrected chi connectivity index (χ0v) is 7.95. The van der Waals surface area contributed by atoms with Crippen molar-refractivity contribution in [3.8, 4) is 0 Å². The lowest BCUT2D eigenvalue weighted by atomic mass is 9.94. The lowest BCUT2D eigenvalue weighted by Crippen LogP contribution is -2.38. The van der Waals surface area contributed by atoms with Crippen molar-refractivity contribution < 1.29 is 9.59 Å². The lowest BCUT2D eigenvalue weighted by molar-refractivity contribution is -0.134. The van der Waals surface area contributed by atoms with Crippen LogP contribution in [0, 0.1) is 5.92 Å². The molecule has 0 saturated carbocycles. The van der Waals surface area contributed by atoms with Gasteiger partial charge in [0.25, 0.3) is 0 Å². The number of rotatable bonds is 3. The summed E-state index contributed by atoms with van der Waals surface area (Å²) in [5.74, 6) is 1.08. The summed E-state index contributed by atoms with van der Waals surface area (Å²) in [5, 5.41) is 2.30. The zero-order chi connectivity index (χ0) is 8.97. The van der Waals surface area contributed by atoms with Crippen LogP contribution < -0.4 is 5.32 Å². The lowest BCUT2D eigenvalue weighted by Gasteiger charge is -2.19. The molecule has 4 heteroatoms. The van der Waals surface area contributed by atoms with Crippen molar-refractivity contribution in [3.05, 3.63) is 0 Å². The highest BCUT2D eigenvalue weighted by Crippen LogP contribution is 2.18. The van der Waals surface area contributed by atoms with Crippen LogP contribution in [0.4, 0.5) is 0 Å². The van der Waals surface area contributed by atoms with Crippen LogP contribution in [-0.4, -0.2) is 23.8 Å². The van der Waals surface area contributed by atoms with Gasteiger partial charge in [0.15, 0.2) is 0 Å². The molecule has 1 N–H and O–H groups in total. The number of amides is 2. The fourth-order valence-electron chi connectivity index (χ4n) is 1.34. The third-order valence-corrected chi connectivity index (χ3v) is 2.60. The standard InChI is InChI=1S/C8H13NO2S/c1-12-3-2-6-4-7(10)9-8(11)5-6/h6H,2-5H2,1H3,(H,9,10,11). The smallest absolute Gasteiger partial charge is 0.226 e. The molecule has 0 atom stereocenters. The van der Waals surface area contributed by atoms with E-state index in [0.29, 0.717) is 12.8 Å². The average Bonchev–Trinajstić information content (AvgIpc) is 1.99. The molecule has 1 heterocycles. The molecule has 68 valence electrons. The summed E-state index contributed by atoms with van der Waals surface area (Å²) in [6.45, 7) is 0. The van der Waals surface area contributed by atoms with Gasteiger partial charge in [-0.25, -0.2) is 0 Å². The van der Waals surface area contributed by atoms with Crippen molar-refractivity contribution in [2.24, 2.45) is 5.92 Å². The van der Waals surface area contributed by atoms with Gasteiger partial charge < -0.3 is 0 Å². The normalized spacial score (nSPS) is 19.4. The predicted molar refractivity (Wildman–Crippen MR) is 48.9 cm³/mol. The van der Waals surface area contributed by atoms with Gasteiger partial charge in [-0.1, -0.05) is 0 Å². The molecule has 12 heavy (non-hydrogen) atoms. The highest BCUT2D eigenvalue weighted by atomic mass is 32.2. The summed E-state index contributed by atoms with van der Waals surface area (Å²) in [5.41, 5.74) is 0. The first-order chi connectivity index (χ1) is 5.72. The summed E-state index contributed by atoms with van der Waals surface area (Å²) in [7, 11) is 0. The van der Waals surface area contributed by atoms with Crippen molar-refractivity contribution >= 4 is 23.6 Å². The molecule has 1 fully saturated rings. The van der Waals surface area contributed by atoms with Crippen LogP contribution in [0.1, 0.15) is 19.3 Å². The molecular formula is C8H13NO2S. The van der Waals surface area contributed by atoms with Gasteiger partial charge in [0.05, 0.1) is 0 Å². The molecule has 0 aliphatic carbocycles. The second kappa shape index (κ2) is 4.50. The van der Waals surface area contributed by atoms with Gasteiger partial charge in [0.1, 0.15) is 0 Å². The number of piperidine rings is 1. The average molecular weight is 187 g/mol. The Morgan fingerprint density at radius 3 is 2.50 bits per heavy atom. The number of nitrogens with one attached hydrogen (secondary N) is 1. The minimum atomic E-state index is -0.114. The predicted octanol–water partition coefficient (Wildman–Crippen LogP) is 0.792.